The Labute approximate surface area is 239 Å². The van der Waals surface area contributed by atoms with E-state index < -0.39 is 0 Å². The van der Waals surface area contributed by atoms with Crippen molar-refractivity contribution in [1.29, 1.82) is 0 Å². The second-order valence-corrected chi connectivity index (χ2v) is 11.5. The monoisotopic (exact) mass is 583 g/mol. The van der Waals surface area contributed by atoms with Crippen LogP contribution in [0.4, 0.5) is 0 Å². The van der Waals surface area contributed by atoms with E-state index in [0.717, 1.165) is 37.9 Å². The number of fused-ring (bicyclic) bond motifs is 3. The topological polar surface area (TPSA) is 38.7 Å². The molecule has 0 spiro atoms. The molecular formula is C34H22BrN3S. The van der Waals surface area contributed by atoms with E-state index in [1.165, 1.54) is 20.2 Å². The van der Waals surface area contributed by atoms with Crippen molar-refractivity contribution in [2.45, 2.75) is 6.92 Å². The molecule has 2 heterocycles. The Morgan fingerprint density at radius 3 is 2.03 bits per heavy atom. The van der Waals surface area contributed by atoms with Crippen molar-refractivity contribution in [3.63, 3.8) is 0 Å². The van der Waals surface area contributed by atoms with E-state index in [1.807, 2.05) is 24.3 Å². The van der Waals surface area contributed by atoms with Crippen molar-refractivity contribution >= 4 is 47.4 Å². The number of thiophene rings is 1. The van der Waals surface area contributed by atoms with Crippen LogP contribution >= 0.6 is 27.3 Å². The summed E-state index contributed by atoms with van der Waals surface area (Å²) in [5.74, 6) is 2.01. The van der Waals surface area contributed by atoms with Gasteiger partial charge in [0.1, 0.15) is 0 Å². The molecule has 0 fully saturated rings. The lowest BCUT2D eigenvalue weighted by atomic mass is 9.95. The third-order valence-corrected chi connectivity index (χ3v) is 8.58. The zero-order valence-electron chi connectivity index (χ0n) is 21.1. The van der Waals surface area contributed by atoms with Crippen LogP contribution in [0.5, 0.6) is 0 Å². The van der Waals surface area contributed by atoms with Crippen molar-refractivity contribution in [2.75, 3.05) is 0 Å². The molecule has 0 saturated heterocycles. The number of hydrogen-bond donors (Lipinski definition) is 0. The summed E-state index contributed by atoms with van der Waals surface area (Å²) < 4.78 is 3.51. The SMILES string of the molecule is Cc1cccc(-c2ccccc2)c1-c1nc(-c2ccccc2)nc(-c2cccc3sc4ccc(Br)cc4c23)n1. The van der Waals surface area contributed by atoms with E-state index in [4.69, 9.17) is 15.0 Å². The highest BCUT2D eigenvalue weighted by molar-refractivity contribution is 9.10. The highest BCUT2D eigenvalue weighted by atomic mass is 79.9. The van der Waals surface area contributed by atoms with E-state index in [0.29, 0.717) is 17.5 Å². The number of halogens is 1. The minimum absolute atomic E-state index is 0.663. The van der Waals surface area contributed by atoms with Crippen LogP contribution in [0.15, 0.2) is 120 Å². The number of hydrogen-bond acceptors (Lipinski definition) is 4. The molecule has 7 aromatic rings. The van der Waals surface area contributed by atoms with E-state index >= 15 is 0 Å². The van der Waals surface area contributed by atoms with E-state index in [9.17, 15) is 0 Å². The maximum Gasteiger partial charge on any atom is 0.164 e. The molecule has 5 heteroatoms. The Kier molecular flexibility index (Phi) is 6.03. The lowest BCUT2D eigenvalue weighted by Crippen LogP contribution is -2.02. The molecule has 0 amide bonds. The van der Waals surface area contributed by atoms with Crippen LogP contribution in [0.25, 0.3) is 65.5 Å². The van der Waals surface area contributed by atoms with E-state index in [1.54, 1.807) is 11.3 Å². The van der Waals surface area contributed by atoms with Gasteiger partial charge in [-0.1, -0.05) is 107 Å². The van der Waals surface area contributed by atoms with Gasteiger partial charge >= 0.3 is 0 Å². The van der Waals surface area contributed by atoms with Gasteiger partial charge in [0.25, 0.3) is 0 Å². The van der Waals surface area contributed by atoms with Gasteiger partial charge in [-0.2, -0.15) is 0 Å². The first kappa shape index (κ1) is 23.9. The molecule has 0 saturated carbocycles. The molecule has 0 unspecified atom stereocenters. The molecule has 3 nitrogen and oxygen atoms in total. The summed E-state index contributed by atoms with van der Waals surface area (Å²) in [6.45, 7) is 2.12. The molecule has 39 heavy (non-hydrogen) atoms. The molecular weight excluding hydrogens is 562 g/mol. The highest BCUT2D eigenvalue weighted by Crippen LogP contribution is 2.41. The summed E-state index contributed by atoms with van der Waals surface area (Å²) >= 11 is 5.46. The Morgan fingerprint density at radius 1 is 0.564 bits per heavy atom. The number of aryl methyl sites for hydroxylation is 1. The van der Waals surface area contributed by atoms with Crippen molar-refractivity contribution in [1.82, 2.24) is 15.0 Å². The van der Waals surface area contributed by atoms with Gasteiger partial charge in [-0.25, -0.2) is 15.0 Å². The van der Waals surface area contributed by atoms with Gasteiger partial charge in [0, 0.05) is 41.3 Å². The summed E-state index contributed by atoms with van der Waals surface area (Å²) in [5.41, 5.74) is 6.35. The first-order chi connectivity index (χ1) is 19.2. The number of rotatable bonds is 4. The quantitative estimate of drug-likeness (QED) is 0.207. The fourth-order valence-corrected chi connectivity index (χ4v) is 6.61. The van der Waals surface area contributed by atoms with Crippen LogP contribution in [-0.4, -0.2) is 15.0 Å². The average molecular weight is 585 g/mol. The lowest BCUT2D eigenvalue weighted by Gasteiger charge is -2.14. The molecule has 5 aromatic carbocycles. The minimum atomic E-state index is 0.663. The maximum absolute atomic E-state index is 5.18. The van der Waals surface area contributed by atoms with Crippen molar-refractivity contribution in [3.8, 4) is 45.3 Å². The second kappa shape index (κ2) is 9.84. The molecule has 0 N–H and O–H groups in total. The molecule has 0 aliphatic heterocycles. The van der Waals surface area contributed by atoms with Gasteiger partial charge in [-0.05, 0) is 47.9 Å². The Bertz CT molecular complexity index is 1980. The normalized spacial score (nSPS) is 11.3. The summed E-state index contributed by atoms with van der Waals surface area (Å²) in [5, 5.41) is 2.37. The molecule has 0 bridgehead atoms. The summed E-state index contributed by atoms with van der Waals surface area (Å²) in [7, 11) is 0. The fourth-order valence-electron chi connectivity index (χ4n) is 5.13. The maximum atomic E-state index is 5.18. The largest absolute Gasteiger partial charge is 0.208 e. The minimum Gasteiger partial charge on any atom is -0.208 e. The van der Waals surface area contributed by atoms with Gasteiger partial charge in [0.15, 0.2) is 17.5 Å². The fraction of sp³-hybridized carbons (Fsp3) is 0.0294. The van der Waals surface area contributed by atoms with Crippen LogP contribution in [0.3, 0.4) is 0 Å². The van der Waals surface area contributed by atoms with E-state index in [-0.39, 0.29) is 0 Å². The van der Waals surface area contributed by atoms with Crippen LogP contribution in [0.1, 0.15) is 5.56 Å². The zero-order valence-corrected chi connectivity index (χ0v) is 23.5. The standard InChI is InChI=1S/C34H22BrN3S/c1-21-10-8-15-25(22-11-4-2-5-12-22)30(21)34-37-32(23-13-6-3-7-14-23)36-33(38-34)26-16-9-17-29-31(26)27-20-24(35)18-19-28(27)39-29/h2-20H,1H3. The van der Waals surface area contributed by atoms with Crippen molar-refractivity contribution in [3.05, 3.63) is 125 Å². The molecule has 7 rings (SSSR count). The van der Waals surface area contributed by atoms with Gasteiger partial charge in [-0.15, -0.1) is 11.3 Å². The van der Waals surface area contributed by atoms with Crippen molar-refractivity contribution in [2.24, 2.45) is 0 Å². The first-order valence-corrected chi connectivity index (χ1v) is 14.3. The Balaban J connectivity index is 1.54. The molecule has 0 atom stereocenters. The van der Waals surface area contributed by atoms with Crippen LogP contribution < -0.4 is 0 Å². The molecule has 2 aromatic heterocycles. The zero-order chi connectivity index (χ0) is 26.3. The second-order valence-electron chi connectivity index (χ2n) is 9.46. The predicted octanol–water partition coefficient (Wildman–Crippen LogP) is 9.98. The molecule has 0 aliphatic rings. The lowest BCUT2D eigenvalue weighted by molar-refractivity contribution is 1.07. The van der Waals surface area contributed by atoms with Crippen molar-refractivity contribution < 1.29 is 0 Å². The van der Waals surface area contributed by atoms with Crippen LogP contribution in [-0.2, 0) is 0 Å². The average Bonchev–Trinajstić information content (AvgIpc) is 3.35. The number of nitrogens with zero attached hydrogens (tertiary/aromatic N) is 3. The number of aromatic nitrogens is 3. The molecule has 186 valence electrons. The van der Waals surface area contributed by atoms with Crippen LogP contribution in [0.2, 0.25) is 0 Å². The van der Waals surface area contributed by atoms with Gasteiger partial charge < -0.3 is 0 Å². The van der Waals surface area contributed by atoms with Gasteiger partial charge in [-0.3, -0.25) is 0 Å². The first-order valence-electron chi connectivity index (χ1n) is 12.7. The van der Waals surface area contributed by atoms with E-state index in [2.05, 4.69) is 114 Å². The molecule has 0 radical (unpaired) electrons. The highest BCUT2D eigenvalue weighted by Gasteiger charge is 2.19. The van der Waals surface area contributed by atoms with Gasteiger partial charge in [0.05, 0.1) is 0 Å². The third kappa shape index (κ3) is 4.34. The number of benzene rings is 5. The predicted molar refractivity (Wildman–Crippen MR) is 167 cm³/mol. The smallest absolute Gasteiger partial charge is 0.164 e. The van der Waals surface area contributed by atoms with Crippen LogP contribution in [0, 0.1) is 6.92 Å². The molecule has 0 aliphatic carbocycles. The van der Waals surface area contributed by atoms with Gasteiger partial charge in [0.2, 0.25) is 0 Å². The summed E-state index contributed by atoms with van der Waals surface area (Å²) in [6.07, 6.45) is 0. The Hall–Kier alpha value is -4.19. The third-order valence-electron chi connectivity index (χ3n) is 6.95. The summed E-state index contributed by atoms with van der Waals surface area (Å²) in [6, 6.07) is 39.8. The summed E-state index contributed by atoms with van der Waals surface area (Å²) in [4.78, 5) is 15.3. The Morgan fingerprint density at radius 2 is 1.23 bits per heavy atom.